The summed E-state index contributed by atoms with van der Waals surface area (Å²) in [7, 11) is 1.64. The number of nitrogens with two attached hydrogens (primary N) is 1. The quantitative estimate of drug-likeness (QED) is 0.826. The molecule has 0 saturated heterocycles. The summed E-state index contributed by atoms with van der Waals surface area (Å²) in [6.45, 7) is 5.89. The Labute approximate surface area is 91.2 Å². The van der Waals surface area contributed by atoms with E-state index in [4.69, 9.17) is 15.2 Å². The summed E-state index contributed by atoms with van der Waals surface area (Å²) in [4.78, 5) is 0. The largest absolute Gasteiger partial charge is 0.493 e. The molecule has 0 heterocycles. The minimum absolute atomic E-state index is 0.00370. The zero-order valence-electron chi connectivity index (χ0n) is 9.78. The van der Waals surface area contributed by atoms with Gasteiger partial charge in [-0.05, 0) is 38.5 Å². The molecule has 2 atom stereocenters. The molecule has 0 aliphatic heterocycles. The second kappa shape index (κ2) is 5.03. The van der Waals surface area contributed by atoms with Gasteiger partial charge in [-0.1, -0.05) is 6.07 Å². The first kappa shape index (κ1) is 11.9. The van der Waals surface area contributed by atoms with Crippen LogP contribution in [0.25, 0.3) is 0 Å². The topological polar surface area (TPSA) is 44.5 Å². The van der Waals surface area contributed by atoms with E-state index in [-0.39, 0.29) is 12.1 Å². The number of ether oxygens (including phenoxy) is 2. The van der Waals surface area contributed by atoms with Gasteiger partial charge in [-0.15, -0.1) is 0 Å². The number of rotatable bonds is 4. The van der Waals surface area contributed by atoms with Crippen molar-refractivity contribution in [2.75, 3.05) is 7.11 Å². The summed E-state index contributed by atoms with van der Waals surface area (Å²) in [6, 6.07) is 5.85. The van der Waals surface area contributed by atoms with E-state index in [9.17, 15) is 0 Å². The summed E-state index contributed by atoms with van der Waals surface area (Å²) in [5.74, 6) is 1.50. The standard InChI is InChI=1S/C12H19NO2/c1-8-5-6-11(12(7-8)14-4)15-10(3)9(2)13/h5-7,9-10H,13H2,1-4H3. The highest BCUT2D eigenvalue weighted by Gasteiger charge is 2.12. The lowest BCUT2D eigenvalue weighted by atomic mass is 10.2. The van der Waals surface area contributed by atoms with Crippen molar-refractivity contribution in [1.29, 1.82) is 0 Å². The first-order valence-electron chi connectivity index (χ1n) is 5.11. The molecule has 1 aromatic rings. The predicted molar refractivity (Wildman–Crippen MR) is 61.5 cm³/mol. The molecular weight excluding hydrogens is 190 g/mol. The Morgan fingerprint density at radius 2 is 1.87 bits per heavy atom. The maximum Gasteiger partial charge on any atom is 0.161 e. The molecule has 0 saturated carbocycles. The molecule has 1 aromatic carbocycles. The van der Waals surface area contributed by atoms with Gasteiger partial charge in [0, 0.05) is 6.04 Å². The van der Waals surface area contributed by atoms with Crippen molar-refractivity contribution < 1.29 is 9.47 Å². The van der Waals surface area contributed by atoms with E-state index in [1.165, 1.54) is 0 Å². The van der Waals surface area contributed by atoms with E-state index in [1.54, 1.807) is 7.11 Å². The van der Waals surface area contributed by atoms with Gasteiger partial charge in [0.1, 0.15) is 6.10 Å². The Morgan fingerprint density at radius 3 is 2.40 bits per heavy atom. The summed E-state index contributed by atoms with van der Waals surface area (Å²) in [5, 5.41) is 0. The number of hydrogen-bond donors (Lipinski definition) is 1. The third-order valence-corrected chi connectivity index (χ3v) is 2.37. The average Bonchev–Trinajstić information content (AvgIpc) is 2.20. The fourth-order valence-corrected chi connectivity index (χ4v) is 1.18. The van der Waals surface area contributed by atoms with Gasteiger partial charge in [0.2, 0.25) is 0 Å². The van der Waals surface area contributed by atoms with E-state index in [0.29, 0.717) is 0 Å². The van der Waals surface area contributed by atoms with Gasteiger partial charge in [0.25, 0.3) is 0 Å². The fraction of sp³-hybridized carbons (Fsp3) is 0.500. The van der Waals surface area contributed by atoms with Crippen molar-refractivity contribution >= 4 is 0 Å². The molecule has 3 nitrogen and oxygen atoms in total. The van der Waals surface area contributed by atoms with Crippen LogP contribution in [-0.2, 0) is 0 Å². The summed E-state index contributed by atoms with van der Waals surface area (Å²) < 4.78 is 10.9. The van der Waals surface area contributed by atoms with E-state index >= 15 is 0 Å². The lowest BCUT2D eigenvalue weighted by molar-refractivity contribution is 0.188. The van der Waals surface area contributed by atoms with Crippen LogP contribution in [0.15, 0.2) is 18.2 Å². The molecule has 84 valence electrons. The highest BCUT2D eigenvalue weighted by molar-refractivity contribution is 5.42. The first-order valence-corrected chi connectivity index (χ1v) is 5.11. The van der Waals surface area contributed by atoms with Gasteiger partial charge < -0.3 is 15.2 Å². The molecule has 0 amide bonds. The van der Waals surface area contributed by atoms with Crippen LogP contribution < -0.4 is 15.2 Å². The van der Waals surface area contributed by atoms with Gasteiger partial charge in [0.15, 0.2) is 11.5 Å². The van der Waals surface area contributed by atoms with Crippen molar-refractivity contribution in [2.45, 2.75) is 32.9 Å². The van der Waals surface area contributed by atoms with Crippen molar-refractivity contribution in [3.8, 4) is 11.5 Å². The Morgan fingerprint density at radius 1 is 1.20 bits per heavy atom. The summed E-state index contributed by atoms with van der Waals surface area (Å²) in [5.41, 5.74) is 6.89. The van der Waals surface area contributed by atoms with Gasteiger partial charge in [-0.3, -0.25) is 0 Å². The average molecular weight is 209 g/mol. The number of hydrogen-bond acceptors (Lipinski definition) is 3. The maximum atomic E-state index is 5.74. The molecule has 0 aliphatic carbocycles. The number of methoxy groups -OCH3 is 1. The molecule has 1 rings (SSSR count). The van der Waals surface area contributed by atoms with Crippen molar-refractivity contribution in [2.24, 2.45) is 5.73 Å². The van der Waals surface area contributed by atoms with Crippen LogP contribution in [-0.4, -0.2) is 19.3 Å². The molecule has 0 bridgehead atoms. The highest BCUT2D eigenvalue weighted by atomic mass is 16.5. The van der Waals surface area contributed by atoms with Crippen molar-refractivity contribution in [1.82, 2.24) is 0 Å². The lowest BCUT2D eigenvalue weighted by Crippen LogP contribution is -2.33. The zero-order valence-corrected chi connectivity index (χ0v) is 9.78. The van der Waals surface area contributed by atoms with Gasteiger partial charge in [-0.2, -0.15) is 0 Å². The van der Waals surface area contributed by atoms with Gasteiger partial charge >= 0.3 is 0 Å². The van der Waals surface area contributed by atoms with Crippen molar-refractivity contribution in [3.63, 3.8) is 0 Å². The molecule has 0 spiro atoms. The second-order valence-corrected chi connectivity index (χ2v) is 3.84. The van der Waals surface area contributed by atoms with E-state index in [0.717, 1.165) is 17.1 Å². The Bertz CT molecular complexity index is 323. The second-order valence-electron chi connectivity index (χ2n) is 3.84. The molecule has 15 heavy (non-hydrogen) atoms. The third-order valence-electron chi connectivity index (χ3n) is 2.37. The Hall–Kier alpha value is -1.22. The molecule has 2 unspecified atom stereocenters. The highest BCUT2D eigenvalue weighted by Crippen LogP contribution is 2.28. The SMILES string of the molecule is COc1cc(C)ccc1OC(C)C(C)N. The Balaban J connectivity index is 2.84. The normalized spacial score (nSPS) is 14.5. The molecule has 0 aromatic heterocycles. The van der Waals surface area contributed by atoms with Crippen LogP contribution in [0.5, 0.6) is 11.5 Å². The zero-order chi connectivity index (χ0) is 11.4. The molecule has 0 aliphatic rings. The molecule has 3 heteroatoms. The first-order chi connectivity index (χ1) is 7.04. The molecule has 2 N–H and O–H groups in total. The third kappa shape index (κ3) is 3.13. The number of aryl methyl sites for hydroxylation is 1. The molecule has 0 fully saturated rings. The maximum absolute atomic E-state index is 5.74. The molecular formula is C12H19NO2. The minimum atomic E-state index is -0.0263. The minimum Gasteiger partial charge on any atom is -0.493 e. The van der Waals surface area contributed by atoms with Crippen molar-refractivity contribution in [3.05, 3.63) is 23.8 Å². The molecule has 0 radical (unpaired) electrons. The van der Waals surface area contributed by atoms with Crippen LogP contribution in [0.2, 0.25) is 0 Å². The van der Waals surface area contributed by atoms with Crippen LogP contribution in [0.4, 0.5) is 0 Å². The van der Waals surface area contributed by atoms with Crippen LogP contribution in [0, 0.1) is 6.92 Å². The van der Waals surface area contributed by atoms with E-state index in [2.05, 4.69) is 0 Å². The van der Waals surface area contributed by atoms with Crippen LogP contribution >= 0.6 is 0 Å². The van der Waals surface area contributed by atoms with Crippen LogP contribution in [0.3, 0.4) is 0 Å². The van der Waals surface area contributed by atoms with E-state index < -0.39 is 0 Å². The smallest absolute Gasteiger partial charge is 0.161 e. The lowest BCUT2D eigenvalue weighted by Gasteiger charge is -2.19. The predicted octanol–water partition coefficient (Wildman–Crippen LogP) is 2.12. The Kier molecular flexibility index (Phi) is 3.97. The monoisotopic (exact) mass is 209 g/mol. The van der Waals surface area contributed by atoms with Crippen LogP contribution in [0.1, 0.15) is 19.4 Å². The summed E-state index contributed by atoms with van der Waals surface area (Å²) in [6.07, 6.45) is -0.0263. The summed E-state index contributed by atoms with van der Waals surface area (Å²) >= 11 is 0. The van der Waals surface area contributed by atoms with Gasteiger partial charge in [0.05, 0.1) is 7.11 Å². The number of benzene rings is 1. The fourth-order valence-electron chi connectivity index (χ4n) is 1.18. The van der Waals surface area contributed by atoms with E-state index in [1.807, 2.05) is 39.0 Å². The van der Waals surface area contributed by atoms with Gasteiger partial charge in [-0.25, -0.2) is 0 Å².